The molecule has 24 heavy (non-hydrogen) atoms. The molecule has 1 unspecified atom stereocenters. The predicted molar refractivity (Wildman–Crippen MR) is 87.5 cm³/mol. The van der Waals surface area contributed by atoms with Crippen molar-refractivity contribution in [3.63, 3.8) is 0 Å². The molecule has 0 spiro atoms. The lowest BCUT2D eigenvalue weighted by Crippen LogP contribution is -2.50. The summed E-state index contributed by atoms with van der Waals surface area (Å²) in [6, 6.07) is 5.69. The third-order valence-electron chi connectivity index (χ3n) is 7.24. The highest BCUT2D eigenvalue weighted by Gasteiger charge is 2.69. The molecule has 1 heterocycles. The van der Waals surface area contributed by atoms with Crippen molar-refractivity contribution in [3.05, 3.63) is 41.0 Å². The Morgan fingerprint density at radius 1 is 1.33 bits per heavy atom. The summed E-state index contributed by atoms with van der Waals surface area (Å²) >= 11 is 0. The van der Waals surface area contributed by atoms with Gasteiger partial charge < -0.3 is 14.9 Å². The minimum Gasteiger partial charge on any atom is -0.508 e. The first-order valence-electron chi connectivity index (χ1n) is 8.86. The van der Waals surface area contributed by atoms with Crippen LogP contribution in [0.15, 0.2) is 29.8 Å². The Balaban J connectivity index is 1.56. The number of allylic oxidation sites excluding steroid dienone is 2. The molecule has 1 aliphatic heterocycles. The van der Waals surface area contributed by atoms with Crippen molar-refractivity contribution in [2.24, 2.45) is 11.3 Å². The maximum Gasteiger partial charge on any atom is 0.309 e. The van der Waals surface area contributed by atoms with E-state index in [2.05, 4.69) is 19.1 Å². The Labute approximate surface area is 141 Å². The van der Waals surface area contributed by atoms with Crippen LogP contribution in [0.1, 0.15) is 49.7 Å². The van der Waals surface area contributed by atoms with Crippen LogP contribution < -0.4 is 0 Å². The smallest absolute Gasteiger partial charge is 0.309 e. The maximum atomic E-state index is 11.7. The van der Waals surface area contributed by atoms with Crippen molar-refractivity contribution in [1.82, 2.24) is 0 Å². The average Bonchev–Trinajstić information content (AvgIpc) is 2.94. The van der Waals surface area contributed by atoms with Crippen molar-refractivity contribution in [2.45, 2.75) is 56.7 Å². The summed E-state index contributed by atoms with van der Waals surface area (Å²) in [7, 11) is 0. The molecular formula is C20H22O4. The summed E-state index contributed by atoms with van der Waals surface area (Å²) in [5.74, 6) is 0.692. The number of benzene rings is 1. The lowest BCUT2D eigenvalue weighted by atomic mass is 9.56. The van der Waals surface area contributed by atoms with Gasteiger partial charge in [0.15, 0.2) is 0 Å². The van der Waals surface area contributed by atoms with E-state index in [0.29, 0.717) is 11.7 Å². The van der Waals surface area contributed by atoms with Crippen LogP contribution in [0.3, 0.4) is 0 Å². The fourth-order valence-corrected chi connectivity index (χ4v) is 5.92. The van der Waals surface area contributed by atoms with E-state index in [9.17, 15) is 15.0 Å². The van der Waals surface area contributed by atoms with E-state index in [1.807, 2.05) is 6.07 Å². The molecule has 126 valence electrons. The van der Waals surface area contributed by atoms with E-state index in [1.165, 1.54) is 16.7 Å². The van der Waals surface area contributed by atoms with E-state index in [-0.39, 0.29) is 29.8 Å². The quantitative estimate of drug-likeness (QED) is 0.568. The van der Waals surface area contributed by atoms with Gasteiger partial charge in [-0.05, 0) is 54.9 Å². The molecule has 0 bridgehead atoms. The first-order valence-corrected chi connectivity index (χ1v) is 8.86. The molecule has 0 amide bonds. The Kier molecular flexibility index (Phi) is 2.68. The van der Waals surface area contributed by atoms with Gasteiger partial charge in [-0.25, -0.2) is 0 Å². The number of aromatic hydroxyl groups is 1. The second-order valence-corrected chi connectivity index (χ2v) is 8.17. The predicted octanol–water partition coefficient (Wildman–Crippen LogP) is 2.82. The monoisotopic (exact) mass is 326 g/mol. The van der Waals surface area contributed by atoms with Crippen molar-refractivity contribution in [1.29, 1.82) is 0 Å². The molecule has 5 atom stereocenters. The van der Waals surface area contributed by atoms with Crippen molar-refractivity contribution in [3.8, 4) is 5.75 Å². The molecule has 3 fully saturated rings. The molecule has 0 aromatic heterocycles. The van der Waals surface area contributed by atoms with Gasteiger partial charge in [0.05, 0.1) is 6.42 Å². The first-order chi connectivity index (χ1) is 11.4. The Morgan fingerprint density at radius 2 is 2.17 bits per heavy atom. The molecule has 5 rings (SSSR count). The number of hydrogen-bond donors (Lipinski definition) is 2. The van der Waals surface area contributed by atoms with Gasteiger partial charge in [0.2, 0.25) is 0 Å². The number of carbonyl (C=O) groups is 1. The molecule has 2 N–H and O–H groups in total. The molecule has 0 radical (unpaired) electrons. The number of rotatable bonds is 0. The number of ether oxygens (including phenoxy) is 1. The van der Waals surface area contributed by atoms with Gasteiger partial charge in [-0.1, -0.05) is 24.6 Å². The zero-order chi connectivity index (χ0) is 16.7. The van der Waals surface area contributed by atoms with Crippen LogP contribution in [0.5, 0.6) is 5.75 Å². The maximum absolute atomic E-state index is 11.7. The highest BCUT2D eigenvalue weighted by atomic mass is 16.6. The fourth-order valence-electron chi connectivity index (χ4n) is 5.92. The summed E-state index contributed by atoms with van der Waals surface area (Å²) in [6.45, 7) is 2.14. The van der Waals surface area contributed by atoms with Gasteiger partial charge in [-0.15, -0.1) is 0 Å². The van der Waals surface area contributed by atoms with Gasteiger partial charge >= 0.3 is 5.97 Å². The van der Waals surface area contributed by atoms with E-state index >= 15 is 0 Å². The first kappa shape index (κ1) is 14.5. The summed E-state index contributed by atoms with van der Waals surface area (Å²) in [6.07, 6.45) is 5.48. The highest BCUT2D eigenvalue weighted by Crippen LogP contribution is 2.65. The zero-order valence-electron chi connectivity index (χ0n) is 13.8. The minimum atomic E-state index is -1.02. The lowest BCUT2D eigenvalue weighted by molar-refractivity contribution is -0.142. The van der Waals surface area contributed by atoms with Gasteiger partial charge in [0, 0.05) is 11.3 Å². The summed E-state index contributed by atoms with van der Waals surface area (Å²) in [5.41, 5.74) is 2.61. The Bertz CT molecular complexity index is 782. The van der Waals surface area contributed by atoms with Crippen LogP contribution in [0.4, 0.5) is 0 Å². The molecule has 2 saturated carbocycles. The number of carbonyl (C=O) groups excluding carboxylic acids is 1. The third-order valence-corrected chi connectivity index (χ3v) is 7.24. The molecule has 4 nitrogen and oxygen atoms in total. The van der Waals surface area contributed by atoms with Crippen LogP contribution in [-0.4, -0.2) is 27.9 Å². The Hall–Kier alpha value is -1.81. The fraction of sp³-hybridized carbons (Fsp3) is 0.550. The highest BCUT2D eigenvalue weighted by molar-refractivity contribution is 5.74. The van der Waals surface area contributed by atoms with Crippen LogP contribution in [0, 0.1) is 11.3 Å². The number of esters is 1. The zero-order valence-corrected chi connectivity index (χ0v) is 13.8. The average molecular weight is 326 g/mol. The normalized spacial score (nSPS) is 42.5. The topological polar surface area (TPSA) is 66.8 Å². The van der Waals surface area contributed by atoms with Crippen LogP contribution in [-0.2, 0) is 16.0 Å². The minimum absolute atomic E-state index is 0.132. The number of hydrogen-bond acceptors (Lipinski definition) is 4. The van der Waals surface area contributed by atoms with Crippen LogP contribution >= 0.6 is 0 Å². The number of phenols is 1. The van der Waals surface area contributed by atoms with Crippen molar-refractivity contribution >= 4 is 5.97 Å². The molecular weight excluding hydrogens is 304 g/mol. The Morgan fingerprint density at radius 3 is 3.00 bits per heavy atom. The number of aliphatic hydroxyl groups is 1. The summed E-state index contributed by atoms with van der Waals surface area (Å²) < 4.78 is 5.46. The number of phenolic OH excluding ortho intramolecular Hbond substituents is 1. The van der Waals surface area contributed by atoms with Gasteiger partial charge in [0.1, 0.15) is 17.5 Å². The van der Waals surface area contributed by atoms with Crippen molar-refractivity contribution in [2.75, 3.05) is 0 Å². The van der Waals surface area contributed by atoms with Gasteiger partial charge in [-0.2, -0.15) is 0 Å². The van der Waals surface area contributed by atoms with E-state index < -0.39 is 5.60 Å². The van der Waals surface area contributed by atoms with Crippen molar-refractivity contribution < 1.29 is 19.7 Å². The van der Waals surface area contributed by atoms with E-state index in [1.54, 1.807) is 6.07 Å². The molecule has 4 heteroatoms. The summed E-state index contributed by atoms with van der Waals surface area (Å²) in [5, 5.41) is 21.0. The largest absolute Gasteiger partial charge is 0.508 e. The van der Waals surface area contributed by atoms with Gasteiger partial charge in [0.25, 0.3) is 0 Å². The molecule has 3 aliphatic carbocycles. The number of fused-ring (bicyclic) bond motifs is 7. The molecule has 1 aromatic carbocycles. The molecule has 1 aromatic rings. The standard InChI is InChI=1S/C20H22O4/c1-19-7-6-14-13-5-3-12(21)8-11(13)2-4-15(14)16(19)9-17-20(19,23)10-18(22)24-17/h3-5,8,14,16-17,21,23H,2,6-7,9-10H2,1H3/t14-,16+,17?,19+,20-/m1/s1. The van der Waals surface area contributed by atoms with E-state index in [0.717, 1.165) is 25.7 Å². The second kappa shape index (κ2) is 4.42. The van der Waals surface area contributed by atoms with Crippen LogP contribution in [0.25, 0.3) is 0 Å². The third kappa shape index (κ3) is 1.60. The summed E-state index contributed by atoms with van der Waals surface area (Å²) in [4.78, 5) is 11.7. The second-order valence-electron chi connectivity index (χ2n) is 8.17. The lowest BCUT2D eigenvalue weighted by Gasteiger charge is -2.49. The molecule has 4 aliphatic rings. The molecule has 1 saturated heterocycles. The van der Waals surface area contributed by atoms with Crippen LogP contribution in [0.2, 0.25) is 0 Å². The van der Waals surface area contributed by atoms with E-state index in [4.69, 9.17) is 4.74 Å². The van der Waals surface area contributed by atoms with Gasteiger partial charge in [-0.3, -0.25) is 4.79 Å². The SMILES string of the molecule is C[C@]12CC[C@H]3C(=CCc4cc(O)ccc43)[C@@H]1CC1OC(=O)C[C@@]12O.